The monoisotopic (exact) mass is 243 g/mol. The van der Waals surface area contributed by atoms with Gasteiger partial charge in [0.15, 0.2) is 9.84 Å². The highest BCUT2D eigenvalue weighted by atomic mass is 32.2. The van der Waals surface area contributed by atoms with Crippen molar-refractivity contribution in [2.75, 3.05) is 27.0 Å². The van der Waals surface area contributed by atoms with E-state index in [9.17, 15) is 8.42 Å². The van der Waals surface area contributed by atoms with Gasteiger partial charge in [-0.05, 0) is 31.6 Å². The Morgan fingerprint density at radius 3 is 2.56 bits per heavy atom. The number of sulfone groups is 1. The minimum Gasteiger partial charge on any atom is -0.495 e. The van der Waals surface area contributed by atoms with Crippen molar-refractivity contribution in [1.29, 1.82) is 0 Å². The van der Waals surface area contributed by atoms with E-state index in [0.29, 0.717) is 17.1 Å². The fraction of sp³-hybridized carbons (Fsp3) is 0.455. The van der Waals surface area contributed by atoms with Crippen LogP contribution >= 0.6 is 0 Å². The summed E-state index contributed by atoms with van der Waals surface area (Å²) in [6, 6.07) is 5.29. The second kappa shape index (κ2) is 5.32. The Kier molecular flexibility index (Phi) is 4.32. The third-order valence-electron chi connectivity index (χ3n) is 2.30. The predicted octanol–water partition coefficient (Wildman–Crippen LogP) is 0.861. The van der Waals surface area contributed by atoms with Crippen LogP contribution in [-0.4, -0.2) is 35.4 Å². The molecule has 90 valence electrons. The molecule has 0 spiro atoms. The van der Waals surface area contributed by atoms with Crippen LogP contribution in [0.25, 0.3) is 0 Å². The van der Waals surface area contributed by atoms with Gasteiger partial charge in [0.25, 0.3) is 0 Å². The molecule has 0 aliphatic rings. The summed E-state index contributed by atoms with van der Waals surface area (Å²) < 4.78 is 28.5. The van der Waals surface area contributed by atoms with Gasteiger partial charge in [0.2, 0.25) is 0 Å². The lowest BCUT2D eigenvalue weighted by Gasteiger charge is -2.12. The van der Waals surface area contributed by atoms with Gasteiger partial charge >= 0.3 is 0 Å². The number of hydrogen-bond donors (Lipinski definition) is 1. The van der Waals surface area contributed by atoms with Gasteiger partial charge in [-0.2, -0.15) is 0 Å². The number of ether oxygens (including phenoxy) is 1. The van der Waals surface area contributed by atoms with E-state index in [1.54, 1.807) is 12.1 Å². The molecule has 0 aromatic heterocycles. The van der Waals surface area contributed by atoms with Crippen LogP contribution in [0.4, 0.5) is 0 Å². The minimum absolute atomic E-state index is 0.299. The zero-order chi connectivity index (χ0) is 12.2. The Morgan fingerprint density at radius 2 is 2.06 bits per heavy atom. The lowest BCUT2D eigenvalue weighted by molar-refractivity contribution is 0.401. The Bertz CT molecular complexity index is 454. The van der Waals surface area contributed by atoms with Crippen LogP contribution in [0.5, 0.6) is 5.75 Å². The summed E-state index contributed by atoms with van der Waals surface area (Å²) in [6.45, 7) is 0.732. The van der Waals surface area contributed by atoms with E-state index < -0.39 is 9.84 Å². The van der Waals surface area contributed by atoms with Gasteiger partial charge in [0.05, 0.1) is 7.11 Å². The summed E-state index contributed by atoms with van der Waals surface area (Å²) in [4.78, 5) is 0.299. The number of benzene rings is 1. The van der Waals surface area contributed by atoms with Gasteiger partial charge in [-0.3, -0.25) is 0 Å². The van der Waals surface area contributed by atoms with Gasteiger partial charge in [-0.15, -0.1) is 0 Å². The first-order valence-corrected chi connectivity index (χ1v) is 6.90. The molecule has 1 N–H and O–H groups in total. The first kappa shape index (κ1) is 13.0. The summed E-state index contributed by atoms with van der Waals surface area (Å²) in [5.74, 6) is 0.413. The van der Waals surface area contributed by atoms with Crippen molar-refractivity contribution in [3.63, 3.8) is 0 Å². The van der Waals surface area contributed by atoms with Crippen LogP contribution in [-0.2, 0) is 16.3 Å². The molecule has 0 atom stereocenters. The molecular weight excluding hydrogens is 226 g/mol. The summed E-state index contributed by atoms with van der Waals surface area (Å²) >= 11 is 0. The van der Waals surface area contributed by atoms with Gasteiger partial charge in [-0.1, -0.05) is 12.1 Å². The van der Waals surface area contributed by atoms with Crippen LogP contribution in [0.15, 0.2) is 23.1 Å². The van der Waals surface area contributed by atoms with Gasteiger partial charge in [-0.25, -0.2) is 8.42 Å². The Morgan fingerprint density at radius 1 is 1.38 bits per heavy atom. The van der Waals surface area contributed by atoms with Crippen molar-refractivity contribution < 1.29 is 13.2 Å². The van der Waals surface area contributed by atoms with E-state index in [1.165, 1.54) is 13.4 Å². The third-order valence-corrected chi connectivity index (χ3v) is 3.50. The van der Waals surface area contributed by atoms with E-state index in [0.717, 1.165) is 12.1 Å². The molecule has 0 unspecified atom stereocenters. The van der Waals surface area contributed by atoms with E-state index in [-0.39, 0.29) is 0 Å². The summed E-state index contributed by atoms with van der Waals surface area (Å²) in [6.07, 6.45) is 1.86. The quantitative estimate of drug-likeness (QED) is 0.833. The lowest BCUT2D eigenvalue weighted by Crippen LogP contribution is -2.13. The maximum Gasteiger partial charge on any atom is 0.179 e. The molecule has 0 heterocycles. The highest BCUT2D eigenvalue weighted by Gasteiger charge is 2.18. The highest BCUT2D eigenvalue weighted by Crippen LogP contribution is 2.27. The smallest absolute Gasteiger partial charge is 0.179 e. The molecule has 0 aliphatic heterocycles. The zero-order valence-electron chi connectivity index (χ0n) is 9.78. The van der Waals surface area contributed by atoms with E-state index in [1.807, 2.05) is 13.1 Å². The normalized spacial score (nSPS) is 11.4. The first-order valence-electron chi connectivity index (χ1n) is 5.01. The fourth-order valence-corrected chi connectivity index (χ4v) is 2.76. The maximum atomic E-state index is 11.7. The van der Waals surface area contributed by atoms with Crippen LogP contribution in [0, 0.1) is 0 Å². The van der Waals surface area contributed by atoms with E-state index in [4.69, 9.17) is 4.74 Å². The Hall–Kier alpha value is -1.07. The SMILES string of the molecule is CNCCc1cccc(OC)c1S(C)(=O)=O. The molecule has 16 heavy (non-hydrogen) atoms. The highest BCUT2D eigenvalue weighted by molar-refractivity contribution is 7.90. The molecule has 1 rings (SSSR count). The molecule has 4 nitrogen and oxygen atoms in total. The zero-order valence-corrected chi connectivity index (χ0v) is 10.6. The van der Waals surface area contributed by atoms with Crippen molar-refractivity contribution in [2.45, 2.75) is 11.3 Å². The minimum atomic E-state index is -3.26. The Labute approximate surface area is 96.5 Å². The average molecular weight is 243 g/mol. The predicted molar refractivity (Wildman–Crippen MR) is 63.7 cm³/mol. The van der Waals surface area contributed by atoms with Crippen LogP contribution in [0.1, 0.15) is 5.56 Å². The lowest BCUT2D eigenvalue weighted by atomic mass is 10.1. The first-order chi connectivity index (χ1) is 7.50. The van der Waals surface area contributed by atoms with Crippen molar-refractivity contribution in [2.24, 2.45) is 0 Å². The van der Waals surface area contributed by atoms with Crippen LogP contribution in [0.2, 0.25) is 0 Å². The molecule has 1 aromatic carbocycles. The second-order valence-corrected chi connectivity index (χ2v) is 5.53. The number of nitrogens with one attached hydrogen (secondary N) is 1. The number of rotatable bonds is 5. The number of methoxy groups -OCH3 is 1. The van der Waals surface area contributed by atoms with Crippen molar-refractivity contribution >= 4 is 9.84 Å². The molecule has 0 saturated heterocycles. The fourth-order valence-electron chi connectivity index (χ4n) is 1.60. The van der Waals surface area contributed by atoms with Gasteiger partial charge in [0, 0.05) is 6.26 Å². The van der Waals surface area contributed by atoms with Crippen LogP contribution < -0.4 is 10.1 Å². The molecule has 5 heteroatoms. The largest absolute Gasteiger partial charge is 0.495 e. The second-order valence-electron chi connectivity index (χ2n) is 3.57. The molecule has 0 bridgehead atoms. The third kappa shape index (κ3) is 2.96. The molecular formula is C11H17NO3S. The standard InChI is InChI=1S/C11H17NO3S/c1-12-8-7-9-5-4-6-10(15-2)11(9)16(3,13)14/h4-6,12H,7-8H2,1-3H3. The average Bonchev–Trinajstić information content (AvgIpc) is 2.24. The van der Waals surface area contributed by atoms with Gasteiger partial charge < -0.3 is 10.1 Å². The summed E-state index contributed by atoms with van der Waals surface area (Å²) in [7, 11) is 0.0522. The van der Waals surface area contributed by atoms with E-state index >= 15 is 0 Å². The number of likely N-dealkylation sites (N-methyl/N-ethyl adjacent to an activating group) is 1. The molecule has 0 radical (unpaired) electrons. The topological polar surface area (TPSA) is 55.4 Å². The van der Waals surface area contributed by atoms with Crippen molar-refractivity contribution in [1.82, 2.24) is 5.32 Å². The Balaban J connectivity index is 3.27. The molecule has 0 amide bonds. The van der Waals surface area contributed by atoms with Gasteiger partial charge in [0.1, 0.15) is 10.6 Å². The molecule has 0 aliphatic carbocycles. The van der Waals surface area contributed by atoms with Crippen LogP contribution in [0.3, 0.4) is 0 Å². The molecule has 1 aromatic rings. The molecule has 0 fully saturated rings. The summed E-state index contributed by atoms with van der Waals surface area (Å²) in [5.41, 5.74) is 0.788. The molecule has 0 saturated carbocycles. The maximum absolute atomic E-state index is 11.7. The van der Waals surface area contributed by atoms with Crippen molar-refractivity contribution in [3.05, 3.63) is 23.8 Å². The van der Waals surface area contributed by atoms with E-state index in [2.05, 4.69) is 5.32 Å². The van der Waals surface area contributed by atoms with Crippen molar-refractivity contribution in [3.8, 4) is 5.75 Å². The number of hydrogen-bond acceptors (Lipinski definition) is 4. The summed E-state index contributed by atoms with van der Waals surface area (Å²) in [5, 5.41) is 3.00.